The van der Waals surface area contributed by atoms with E-state index in [1.807, 2.05) is 0 Å². The molecule has 0 saturated heterocycles. The maximum absolute atomic E-state index is 2.52. The monoisotopic (exact) mass is 764 g/mol. The van der Waals surface area contributed by atoms with Gasteiger partial charge in [0.1, 0.15) is 0 Å². The molecular formula is C58H40N2. The Morgan fingerprint density at radius 3 is 1.85 bits per heavy atom. The number of hydrogen-bond acceptors (Lipinski definition) is 1. The van der Waals surface area contributed by atoms with Gasteiger partial charge in [-0.15, -0.1) is 0 Å². The number of hydrogen-bond donors (Lipinski definition) is 0. The normalized spacial score (nSPS) is 16.0. The van der Waals surface area contributed by atoms with Gasteiger partial charge >= 0.3 is 0 Å². The van der Waals surface area contributed by atoms with Gasteiger partial charge in [-0.05, 0) is 110 Å². The number of nitrogens with zero attached hydrogens (tertiary/aromatic N) is 2. The number of benzene rings is 9. The van der Waals surface area contributed by atoms with E-state index in [1.54, 1.807) is 0 Å². The van der Waals surface area contributed by atoms with Crippen molar-refractivity contribution in [3.63, 3.8) is 0 Å². The molecule has 0 amide bonds. The Bertz CT molecular complexity index is 3420. The van der Waals surface area contributed by atoms with E-state index >= 15 is 0 Å². The third-order valence-corrected chi connectivity index (χ3v) is 14.0. The Morgan fingerprint density at radius 2 is 1.00 bits per heavy atom. The van der Waals surface area contributed by atoms with Crippen molar-refractivity contribution in [3.05, 3.63) is 240 Å². The third-order valence-electron chi connectivity index (χ3n) is 14.0. The lowest BCUT2D eigenvalue weighted by molar-refractivity contribution is 0.660. The van der Waals surface area contributed by atoms with Crippen molar-refractivity contribution < 1.29 is 0 Å². The van der Waals surface area contributed by atoms with Gasteiger partial charge in [0.05, 0.1) is 27.8 Å². The molecule has 1 spiro atoms. The van der Waals surface area contributed by atoms with Crippen molar-refractivity contribution in [1.29, 1.82) is 0 Å². The molecule has 1 atom stereocenters. The summed E-state index contributed by atoms with van der Waals surface area (Å²) in [5.74, 6) is 0. The van der Waals surface area contributed by atoms with Crippen LogP contribution in [0.5, 0.6) is 0 Å². The van der Waals surface area contributed by atoms with Gasteiger partial charge in [-0.1, -0.05) is 172 Å². The highest BCUT2D eigenvalue weighted by Gasteiger charge is 2.50. The van der Waals surface area contributed by atoms with Crippen molar-refractivity contribution in [2.45, 2.75) is 24.7 Å². The summed E-state index contributed by atoms with van der Waals surface area (Å²) in [7, 11) is 0. The highest BCUT2D eigenvalue weighted by molar-refractivity contribution is 6.13. The molecule has 0 fully saturated rings. The second-order valence-corrected chi connectivity index (χ2v) is 17.2. The Balaban J connectivity index is 1.04. The van der Waals surface area contributed by atoms with Crippen molar-refractivity contribution in [1.82, 2.24) is 4.57 Å². The standard InChI is InChI=1S/C58H40N2/c1-57(2)47-24-10-6-20-41(47)43-33-32-39(36-52(43)57)59(38-17-4-3-5-18-38)53-28-13-8-19-40(53)37-31-34-49-46(35-37)42-21-7-11-25-48(42)58(49)50-26-12-15-30-55(50)60-54-29-14-9-22-44(54)45-23-16-27-51(58)56(45)60/h3-36H,1-2H3. The highest BCUT2D eigenvalue weighted by Crippen LogP contribution is 2.61. The summed E-state index contributed by atoms with van der Waals surface area (Å²) >= 11 is 0. The molecule has 2 nitrogen and oxygen atoms in total. The lowest BCUT2D eigenvalue weighted by atomic mass is 9.65. The van der Waals surface area contributed by atoms with Crippen LogP contribution in [-0.4, -0.2) is 4.57 Å². The molecule has 1 aromatic heterocycles. The summed E-state index contributed by atoms with van der Waals surface area (Å²) in [6.45, 7) is 4.73. The van der Waals surface area contributed by atoms with Crippen molar-refractivity contribution in [2.75, 3.05) is 4.90 Å². The van der Waals surface area contributed by atoms with E-state index in [1.165, 1.54) is 94.3 Å². The smallest absolute Gasteiger partial charge is 0.0754 e. The number of para-hydroxylation sites is 5. The predicted octanol–water partition coefficient (Wildman–Crippen LogP) is 14.9. The van der Waals surface area contributed by atoms with Gasteiger partial charge in [-0.25, -0.2) is 0 Å². The molecule has 0 bridgehead atoms. The molecule has 10 aromatic rings. The fourth-order valence-electron chi connectivity index (χ4n) is 11.5. The summed E-state index contributed by atoms with van der Waals surface area (Å²) in [6, 6.07) is 77.2. The van der Waals surface area contributed by atoms with Gasteiger partial charge in [0.25, 0.3) is 0 Å². The molecule has 282 valence electrons. The first kappa shape index (κ1) is 33.5. The summed E-state index contributed by atoms with van der Waals surface area (Å²) in [6.07, 6.45) is 0. The second kappa shape index (κ2) is 12.1. The Hall–Kier alpha value is -7.42. The molecular weight excluding hydrogens is 725 g/mol. The van der Waals surface area contributed by atoms with Crippen molar-refractivity contribution in [2.24, 2.45) is 0 Å². The molecule has 13 rings (SSSR count). The summed E-state index contributed by atoms with van der Waals surface area (Å²) in [5.41, 5.74) is 22.4. The summed E-state index contributed by atoms with van der Waals surface area (Å²) in [4.78, 5) is 2.45. The fraction of sp³-hybridized carbons (Fsp3) is 0.0690. The van der Waals surface area contributed by atoms with Crippen LogP contribution in [0.3, 0.4) is 0 Å². The minimum atomic E-state index is -0.477. The first-order chi connectivity index (χ1) is 29.5. The minimum absolute atomic E-state index is 0.108. The van der Waals surface area contributed by atoms with Crippen LogP contribution in [0, 0.1) is 0 Å². The lowest BCUT2D eigenvalue weighted by Gasteiger charge is -2.39. The zero-order valence-corrected chi connectivity index (χ0v) is 33.5. The van der Waals surface area contributed by atoms with Gasteiger partial charge in [-0.2, -0.15) is 0 Å². The van der Waals surface area contributed by atoms with Crippen LogP contribution >= 0.6 is 0 Å². The third kappa shape index (κ3) is 4.22. The number of fused-ring (bicyclic) bond motifs is 15. The number of aromatic nitrogens is 1. The van der Waals surface area contributed by atoms with Gasteiger partial charge < -0.3 is 9.47 Å². The van der Waals surface area contributed by atoms with Crippen LogP contribution in [0.2, 0.25) is 0 Å². The molecule has 0 N–H and O–H groups in total. The van der Waals surface area contributed by atoms with E-state index in [9.17, 15) is 0 Å². The predicted molar refractivity (Wildman–Crippen MR) is 249 cm³/mol. The van der Waals surface area contributed by atoms with Crippen LogP contribution in [0.15, 0.2) is 206 Å². The largest absolute Gasteiger partial charge is 0.310 e. The molecule has 0 radical (unpaired) electrons. The first-order valence-corrected chi connectivity index (χ1v) is 21.1. The van der Waals surface area contributed by atoms with Gasteiger partial charge in [0.15, 0.2) is 0 Å². The van der Waals surface area contributed by atoms with E-state index < -0.39 is 5.41 Å². The molecule has 1 unspecified atom stereocenters. The Morgan fingerprint density at radius 1 is 0.383 bits per heavy atom. The first-order valence-electron chi connectivity index (χ1n) is 21.1. The number of rotatable bonds is 4. The van der Waals surface area contributed by atoms with E-state index in [0.29, 0.717) is 0 Å². The molecule has 2 heteroatoms. The topological polar surface area (TPSA) is 8.17 Å². The second-order valence-electron chi connectivity index (χ2n) is 17.2. The molecule has 2 heterocycles. The average Bonchev–Trinajstić information content (AvgIpc) is 3.88. The Labute approximate surface area is 350 Å². The van der Waals surface area contributed by atoms with Crippen LogP contribution in [0.1, 0.15) is 47.2 Å². The molecule has 60 heavy (non-hydrogen) atoms. The zero-order valence-electron chi connectivity index (χ0n) is 33.5. The maximum atomic E-state index is 2.52. The SMILES string of the molecule is CC1(C)c2ccccc2-c2ccc(N(c3ccccc3)c3ccccc3-c3ccc4c(c3)-c3ccccc3C43c4ccccc4-n4c5ccccc5c5cccc3c54)cc21. The van der Waals surface area contributed by atoms with Gasteiger partial charge in [-0.3, -0.25) is 0 Å². The quantitative estimate of drug-likeness (QED) is 0.173. The van der Waals surface area contributed by atoms with Crippen molar-refractivity contribution >= 4 is 38.9 Å². The van der Waals surface area contributed by atoms with Crippen molar-refractivity contribution in [3.8, 4) is 39.1 Å². The molecule has 9 aromatic carbocycles. The van der Waals surface area contributed by atoms with Crippen LogP contribution < -0.4 is 4.90 Å². The molecule has 1 aliphatic heterocycles. The fourth-order valence-corrected chi connectivity index (χ4v) is 11.5. The van der Waals surface area contributed by atoms with E-state index in [4.69, 9.17) is 0 Å². The summed E-state index contributed by atoms with van der Waals surface area (Å²) < 4.78 is 2.52. The molecule has 3 aliphatic rings. The van der Waals surface area contributed by atoms with Gasteiger partial charge in [0, 0.05) is 33.1 Å². The van der Waals surface area contributed by atoms with E-state index in [-0.39, 0.29) is 5.41 Å². The molecule has 2 aliphatic carbocycles. The minimum Gasteiger partial charge on any atom is -0.310 e. The number of anilines is 3. The maximum Gasteiger partial charge on any atom is 0.0754 e. The van der Waals surface area contributed by atoms with Gasteiger partial charge in [0.2, 0.25) is 0 Å². The highest BCUT2D eigenvalue weighted by atomic mass is 15.1. The lowest BCUT2D eigenvalue weighted by Crippen LogP contribution is -2.33. The van der Waals surface area contributed by atoms with Crippen LogP contribution in [0.4, 0.5) is 17.1 Å². The zero-order chi connectivity index (χ0) is 39.7. The van der Waals surface area contributed by atoms with E-state index in [2.05, 4.69) is 230 Å². The average molecular weight is 765 g/mol. The van der Waals surface area contributed by atoms with Crippen LogP contribution in [-0.2, 0) is 10.8 Å². The van der Waals surface area contributed by atoms with E-state index in [0.717, 1.165) is 17.1 Å². The summed E-state index contributed by atoms with van der Waals surface area (Å²) in [5, 5.41) is 2.59. The van der Waals surface area contributed by atoms with Crippen LogP contribution in [0.25, 0.3) is 60.9 Å². The molecule has 0 saturated carbocycles. The Kier molecular flexibility index (Phi) is 6.74.